The third-order valence-corrected chi connectivity index (χ3v) is 9.29. The van der Waals surface area contributed by atoms with Crippen molar-refractivity contribution in [1.82, 2.24) is 39.2 Å². The van der Waals surface area contributed by atoms with Gasteiger partial charge in [0.2, 0.25) is 0 Å². The zero-order valence-corrected chi connectivity index (χ0v) is 29.7. The van der Waals surface area contributed by atoms with E-state index in [0.717, 1.165) is 51.1 Å². The maximum atomic E-state index is 6.14. The number of pyridine rings is 4. The molecule has 0 saturated carbocycles. The molecule has 8 heterocycles. The third kappa shape index (κ3) is 7.96. The fourth-order valence-electron chi connectivity index (χ4n) is 5.78. The summed E-state index contributed by atoms with van der Waals surface area (Å²) in [5.41, 5.74) is 7.98. The molecule has 0 aliphatic carbocycles. The van der Waals surface area contributed by atoms with Crippen molar-refractivity contribution in [2.24, 2.45) is 0 Å². The molecule has 2 aliphatic heterocycles. The second kappa shape index (κ2) is 14.9. The minimum absolute atomic E-state index is 0.534. The van der Waals surface area contributed by atoms with Gasteiger partial charge >= 0.3 is 0 Å². The Labute approximate surface area is 296 Å². The van der Waals surface area contributed by atoms with Crippen molar-refractivity contribution in [2.45, 2.75) is 51.6 Å². The van der Waals surface area contributed by atoms with Crippen LogP contribution in [0.15, 0.2) is 73.6 Å². The first-order chi connectivity index (χ1) is 22.7. The monoisotopic (exact) mass is 784 g/mol. The Morgan fingerprint density at radius 1 is 0.787 bits per heavy atom. The van der Waals surface area contributed by atoms with Crippen molar-refractivity contribution in [3.63, 3.8) is 0 Å². The first-order valence-corrected chi connectivity index (χ1v) is 17.2. The molecule has 2 unspecified atom stereocenters. The summed E-state index contributed by atoms with van der Waals surface area (Å²) in [6.07, 6.45) is 11.4. The molecule has 0 amide bonds. The number of nitrogens with zero attached hydrogens (tertiary/aromatic N) is 10. The molecule has 15 heteroatoms. The molecule has 0 bridgehead atoms. The van der Waals surface area contributed by atoms with Crippen LogP contribution in [-0.2, 0) is 0 Å². The Morgan fingerprint density at radius 3 is 1.98 bits per heavy atom. The van der Waals surface area contributed by atoms with Crippen molar-refractivity contribution in [3.05, 3.63) is 87.2 Å². The first kappa shape index (κ1) is 33.0. The predicted molar refractivity (Wildman–Crippen MR) is 197 cm³/mol. The topological polar surface area (TPSA) is 131 Å². The zero-order valence-electron chi connectivity index (χ0n) is 26.0. The molecular weight excluding hydrogens is 750 g/mol. The van der Waals surface area contributed by atoms with Crippen molar-refractivity contribution in [3.8, 4) is 0 Å². The van der Waals surface area contributed by atoms with Crippen LogP contribution in [-0.4, -0.2) is 64.3 Å². The van der Waals surface area contributed by atoms with Crippen LogP contribution in [0.5, 0.6) is 0 Å². The third-order valence-electron chi connectivity index (χ3n) is 8.09. The summed E-state index contributed by atoms with van der Waals surface area (Å²) in [5.74, 6) is 3.40. The van der Waals surface area contributed by atoms with Crippen LogP contribution in [0, 0.1) is 3.57 Å². The summed E-state index contributed by atoms with van der Waals surface area (Å²) in [4.78, 5) is 22.0. The summed E-state index contributed by atoms with van der Waals surface area (Å²) in [6.45, 7) is 6.64. The average Bonchev–Trinajstić information content (AvgIpc) is 3.86. The molecule has 3 N–H and O–H groups in total. The van der Waals surface area contributed by atoms with Gasteiger partial charge in [0.05, 0.1) is 19.3 Å². The van der Waals surface area contributed by atoms with Crippen molar-refractivity contribution in [2.75, 3.05) is 33.9 Å². The number of hydrogen-bond acceptors (Lipinski definition) is 10. The normalized spacial score (nSPS) is 17.4. The molecule has 2 fully saturated rings. The average molecular weight is 786 g/mol. The van der Waals surface area contributed by atoms with Crippen molar-refractivity contribution in [1.29, 1.82) is 0 Å². The van der Waals surface area contributed by atoms with Crippen LogP contribution in [0.4, 0.5) is 29.0 Å². The van der Waals surface area contributed by atoms with E-state index in [0.29, 0.717) is 27.9 Å². The molecular formula is C32H35Cl2IN12. The lowest BCUT2D eigenvalue weighted by molar-refractivity contribution is 0.727. The number of anilines is 5. The summed E-state index contributed by atoms with van der Waals surface area (Å²) in [6, 6.07) is 16.6. The van der Waals surface area contributed by atoms with Gasteiger partial charge < -0.3 is 20.9 Å². The molecule has 244 valence electrons. The van der Waals surface area contributed by atoms with Gasteiger partial charge in [0, 0.05) is 37.6 Å². The highest BCUT2D eigenvalue weighted by molar-refractivity contribution is 14.1. The predicted octanol–water partition coefficient (Wildman–Crippen LogP) is 7.15. The molecule has 0 aromatic carbocycles. The van der Waals surface area contributed by atoms with Gasteiger partial charge in [-0.1, -0.05) is 35.3 Å². The van der Waals surface area contributed by atoms with Crippen molar-refractivity contribution < 1.29 is 0 Å². The lowest BCUT2D eigenvalue weighted by Crippen LogP contribution is -2.27. The highest BCUT2D eigenvalue weighted by atomic mass is 127. The summed E-state index contributed by atoms with van der Waals surface area (Å²) in [5, 5.41) is 12.7. The first-order valence-electron chi connectivity index (χ1n) is 15.4. The molecule has 6 aromatic rings. The maximum Gasteiger partial charge on any atom is 0.178 e. The van der Waals surface area contributed by atoms with Crippen LogP contribution >= 0.6 is 45.8 Å². The highest BCUT2D eigenvalue weighted by Crippen LogP contribution is 2.28. The van der Waals surface area contributed by atoms with E-state index < -0.39 is 0 Å². The van der Waals surface area contributed by atoms with Gasteiger partial charge in [0.25, 0.3) is 0 Å². The summed E-state index contributed by atoms with van der Waals surface area (Å²) >= 11 is 14.1. The van der Waals surface area contributed by atoms with E-state index in [2.05, 4.69) is 82.8 Å². The number of rotatable bonds is 4. The van der Waals surface area contributed by atoms with Crippen LogP contribution in [0.3, 0.4) is 0 Å². The molecule has 6 aromatic heterocycles. The van der Waals surface area contributed by atoms with E-state index in [9.17, 15) is 0 Å². The summed E-state index contributed by atoms with van der Waals surface area (Å²) in [7, 11) is 0. The zero-order chi connectivity index (χ0) is 32.9. The van der Waals surface area contributed by atoms with Gasteiger partial charge in [-0.05, 0) is 98.5 Å². The number of fused-ring (bicyclic) bond motifs is 2. The molecule has 47 heavy (non-hydrogen) atoms. The van der Waals surface area contributed by atoms with E-state index >= 15 is 0 Å². The Bertz CT molecular complexity index is 1960. The lowest BCUT2D eigenvalue weighted by Gasteiger charge is -2.23. The number of nitrogen functional groups attached to an aromatic ring is 1. The van der Waals surface area contributed by atoms with Crippen LogP contribution in [0.1, 0.15) is 39.5 Å². The number of nitrogens with one attached hydrogen (secondary N) is 1. The van der Waals surface area contributed by atoms with E-state index in [1.165, 1.54) is 38.3 Å². The molecule has 0 spiro atoms. The molecule has 2 saturated heterocycles. The van der Waals surface area contributed by atoms with Gasteiger partial charge in [-0.2, -0.15) is 10.2 Å². The minimum atomic E-state index is 0.534. The van der Waals surface area contributed by atoms with Gasteiger partial charge in [0.15, 0.2) is 11.3 Å². The fourth-order valence-corrected chi connectivity index (χ4v) is 7.09. The Morgan fingerprint density at radius 2 is 1.36 bits per heavy atom. The number of halogens is 3. The Balaban J connectivity index is 0.000000136. The largest absolute Gasteiger partial charge is 0.384 e. The summed E-state index contributed by atoms with van der Waals surface area (Å²) < 4.78 is 4.31. The Kier molecular flexibility index (Phi) is 10.4. The highest BCUT2D eigenvalue weighted by Gasteiger charge is 2.22. The van der Waals surface area contributed by atoms with E-state index in [1.807, 2.05) is 42.5 Å². The smallest absolute Gasteiger partial charge is 0.178 e. The van der Waals surface area contributed by atoms with Gasteiger partial charge in [-0.15, -0.1) is 0 Å². The molecule has 2 atom stereocenters. The number of aromatic nitrogens is 8. The Hall–Kier alpha value is -3.95. The standard InChI is InChI=1S/C16H17ClN6.C10H15N3.C6H3ClIN3/c1-11-4-3-7-22(11)15-6-2-5-14(21-15)20-13-8-12(17)9-23-16(13)18-10-19-23;1-8-4-3-7-13(8)10-6-2-5-9(11)12-10;7-4-1-5(8)6-9-3-10-11(6)2-4/h2,5-6,8-11H,3-4,7H2,1H3,(H,20,21);2,5-6,8H,3-4,7H2,1H3,(H2,11,12);1-3H. The van der Waals surface area contributed by atoms with Crippen LogP contribution < -0.4 is 20.9 Å². The second-order valence-electron chi connectivity index (χ2n) is 11.4. The van der Waals surface area contributed by atoms with E-state index in [4.69, 9.17) is 33.9 Å². The van der Waals surface area contributed by atoms with Crippen molar-refractivity contribution >= 4 is 86.0 Å². The maximum absolute atomic E-state index is 6.14. The van der Waals surface area contributed by atoms with Gasteiger partial charge in [0.1, 0.15) is 35.9 Å². The molecule has 2 aliphatic rings. The SMILES string of the molecule is CC1CCCN1c1cccc(N)n1.CC1CCCN1c1cccc(Nc2cc(Cl)cn3ncnc23)n1.Clc1cc(I)c2ncnn2c1. The lowest BCUT2D eigenvalue weighted by atomic mass is 10.2. The van der Waals surface area contributed by atoms with Crippen LogP contribution in [0.2, 0.25) is 10.0 Å². The molecule has 12 nitrogen and oxygen atoms in total. The number of hydrogen-bond donors (Lipinski definition) is 2. The molecule has 8 rings (SSSR count). The minimum Gasteiger partial charge on any atom is -0.384 e. The fraction of sp³-hybridized carbons (Fsp3) is 0.312. The van der Waals surface area contributed by atoms with Gasteiger partial charge in [-0.25, -0.2) is 29.0 Å². The number of nitrogens with two attached hydrogens (primary N) is 1. The van der Waals surface area contributed by atoms with Crippen LogP contribution in [0.25, 0.3) is 11.3 Å². The van der Waals surface area contributed by atoms with E-state index in [-0.39, 0.29) is 0 Å². The van der Waals surface area contributed by atoms with Gasteiger partial charge in [-0.3, -0.25) is 0 Å². The van der Waals surface area contributed by atoms with E-state index in [1.54, 1.807) is 21.4 Å². The molecule has 0 radical (unpaired) electrons. The quantitative estimate of drug-likeness (QED) is 0.178. The second-order valence-corrected chi connectivity index (χ2v) is 13.5.